The van der Waals surface area contributed by atoms with Crippen LogP contribution in [-0.2, 0) is 35.3 Å². The Kier molecular flexibility index (Phi) is 13.2. The van der Waals surface area contributed by atoms with Crippen LogP contribution in [0.4, 0.5) is 32.3 Å². The molecule has 4 aromatic rings. The molecule has 7 nitrogen and oxygen atoms in total. The summed E-state index contributed by atoms with van der Waals surface area (Å²) in [5, 5.41) is 0. The normalized spacial score (nSPS) is 20.3. The highest BCUT2D eigenvalue weighted by atomic mass is 19.4. The summed E-state index contributed by atoms with van der Waals surface area (Å²) in [6, 6.07) is 11.7. The van der Waals surface area contributed by atoms with Crippen molar-refractivity contribution in [3.8, 4) is 5.75 Å². The van der Waals surface area contributed by atoms with E-state index in [1.807, 2.05) is 24.3 Å². The molecule has 1 saturated heterocycles. The minimum absolute atomic E-state index is 0.0588. The molecule has 2 fully saturated rings. The van der Waals surface area contributed by atoms with E-state index in [-0.39, 0.29) is 49.2 Å². The van der Waals surface area contributed by atoms with Gasteiger partial charge in [-0.1, -0.05) is 52.0 Å². The number of rotatable bonds is 13. The third-order valence-electron chi connectivity index (χ3n) is 12.2. The van der Waals surface area contributed by atoms with Crippen LogP contribution in [0.1, 0.15) is 147 Å². The van der Waals surface area contributed by atoms with Gasteiger partial charge in [0.1, 0.15) is 5.75 Å². The SMILES string of the molecule is COc1ccc(CO[C@H]2CC(C)(C)Cc3nc(C4CCN(c5ncc(COCC(C)C)cn5)CC4)c([C@@H](F)c4ccc(C(F)(F)F)cc4)c(C4CCC(F)(F)CC4)c32)cc1. The maximum Gasteiger partial charge on any atom is 0.416 e. The average molecular weight is 839 g/mol. The van der Waals surface area contributed by atoms with Gasteiger partial charge in [0.2, 0.25) is 11.9 Å². The molecule has 0 radical (unpaired) electrons. The first-order valence-electron chi connectivity index (χ1n) is 21.1. The van der Waals surface area contributed by atoms with Crippen molar-refractivity contribution in [2.24, 2.45) is 11.3 Å². The molecule has 3 heterocycles. The zero-order valence-electron chi connectivity index (χ0n) is 35.1. The number of hydrogen-bond acceptors (Lipinski definition) is 7. The van der Waals surface area contributed by atoms with Crippen LogP contribution in [0.2, 0.25) is 0 Å². The Morgan fingerprint density at radius 3 is 2.08 bits per heavy atom. The Bertz CT molecular complexity index is 2040. The van der Waals surface area contributed by atoms with Crippen molar-refractivity contribution >= 4 is 5.95 Å². The monoisotopic (exact) mass is 838 g/mol. The van der Waals surface area contributed by atoms with Crippen molar-refractivity contribution in [1.82, 2.24) is 15.0 Å². The molecule has 0 bridgehead atoms. The van der Waals surface area contributed by atoms with Crippen LogP contribution in [0.25, 0.3) is 0 Å². The van der Waals surface area contributed by atoms with E-state index in [9.17, 15) is 22.0 Å². The largest absolute Gasteiger partial charge is 0.497 e. The molecule has 2 aliphatic carbocycles. The van der Waals surface area contributed by atoms with Gasteiger partial charge in [-0.2, -0.15) is 13.2 Å². The van der Waals surface area contributed by atoms with Gasteiger partial charge in [0, 0.05) is 73.2 Å². The second kappa shape index (κ2) is 18.0. The number of pyridine rings is 1. The van der Waals surface area contributed by atoms with Gasteiger partial charge in [-0.25, -0.2) is 23.1 Å². The second-order valence-electron chi connectivity index (χ2n) is 18.1. The van der Waals surface area contributed by atoms with Gasteiger partial charge in [0.05, 0.1) is 37.7 Å². The highest BCUT2D eigenvalue weighted by molar-refractivity contribution is 5.51. The number of hydrogen-bond donors (Lipinski definition) is 0. The number of nitrogens with zero attached hydrogens (tertiary/aromatic N) is 4. The number of aromatic nitrogens is 3. The number of piperidine rings is 1. The predicted molar refractivity (Wildman–Crippen MR) is 218 cm³/mol. The van der Waals surface area contributed by atoms with Crippen LogP contribution in [0, 0.1) is 11.3 Å². The minimum Gasteiger partial charge on any atom is -0.497 e. The third kappa shape index (κ3) is 10.3. The van der Waals surface area contributed by atoms with E-state index in [0.29, 0.717) is 86.4 Å². The molecule has 324 valence electrons. The summed E-state index contributed by atoms with van der Waals surface area (Å²) < 4.78 is 106. The van der Waals surface area contributed by atoms with E-state index < -0.39 is 35.9 Å². The lowest BCUT2D eigenvalue weighted by molar-refractivity contribution is -0.137. The fourth-order valence-corrected chi connectivity index (χ4v) is 9.09. The lowest BCUT2D eigenvalue weighted by Gasteiger charge is -2.42. The van der Waals surface area contributed by atoms with Crippen molar-refractivity contribution in [1.29, 1.82) is 0 Å². The van der Waals surface area contributed by atoms with Gasteiger partial charge in [-0.05, 0) is 96.7 Å². The van der Waals surface area contributed by atoms with Gasteiger partial charge in [0.15, 0.2) is 6.17 Å². The van der Waals surface area contributed by atoms with Crippen molar-refractivity contribution in [3.05, 3.63) is 111 Å². The first-order chi connectivity index (χ1) is 28.5. The zero-order valence-corrected chi connectivity index (χ0v) is 35.1. The smallest absolute Gasteiger partial charge is 0.416 e. The summed E-state index contributed by atoms with van der Waals surface area (Å²) in [5.41, 5.74) is 3.72. The maximum atomic E-state index is 17.8. The Hall–Kier alpha value is -4.23. The number of alkyl halides is 6. The Balaban J connectivity index is 1.29. The number of fused-ring (bicyclic) bond motifs is 1. The standard InChI is InChI=1S/C47H56F6N4O3/c1-29(2)26-59-27-31-24-54-44(55-25-31)57-20-16-34(17-21-57)43-41(42(48)33-8-10-35(11-9-33)47(51,52)53)39(32-14-18-46(49,50)19-15-32)40-37(56-43)22-45(3,4)23-38(40)60-28-30-6-12-36(58-5)13-7-30/h6-13,24-25,29,32,34,38,42H,14-23,26-28H2,1-5H3/t38-,42-/m0/s1. The van der Waals surface area contributed by atoms with Gasteiger partial charge >= 0.3 is 6.18 Å². The van der Waals surface area contributed by atoms with Crippen molar-refractivity contribution in [2.45, 2.75) is 128 Å². The van der Waals surface area contributed by atoms with Crippen molar-refractivity contribution in [3.63, 3.8) is 0 Å². The molecular formula is C47H56F6N4O3. The number of halogens is 6. The molecule has 3 aliphatic rings. The molecule has 7 rings (SSSR count). The Labute approximate surface area is 349 Å². The fourth-order valence-electron chi connectivity index (χ4n) is 9.09. The molecule has 0 amide bonds. The molecule has 2 atom stereocenters. The second-order valence-corrected chi connectivity index (χ2v) is 18.1. The number of ether oxygens (including phenoxy) is 3. The van der Waals surface area contributed by atoms with Gasteiger partial charge in [0.25, 0.3) is 0 Å². The lowest BCUT2D eigenvalue weighted by atomic mass is 9.68. The quantitative estimate of drug-likeness (QED) is 0.124. The van der Waals surface area contributed by atoms with Crippen LogP contribution in [0.3, 0.4) is 0 Å². The molecule has 0 spiro atoms. The van der Waals surface area contributed by atoms with E-state index in [1.54, 1.807) is 19.5 Å². The topological polar surface area (TPSA) is 69.6 Å². The van der Waals surface area contributed by atoms with Gasteiger partial charge in [-0.3, -0.25) is 4.98 Å². The molecular weight excluding hydrogens is 783 g/mol. The van der Waals surface area contributed by atoms with Crippen LogP contribution < -0.4 is 9.64 Å². The maximum absolute atomic E-state index is 17.8. The summed E-state index contributed by atoms with van der Waals surface area (Å²) in [6.45, 7) is 10.9. The summed E-state index contributed by atoms with van der Waals surface area (Å²) in [7, 11) is 1.60. The number of methoxy groups -OCH3 is 1. The van der Waals surface area contributed by atoms with E-state index in [2.05, 4.69) is 42.6 Å². The first-order valence-corrected chi connectivity index (χ1v) is 21.1. The Morgan fingerprint density at radius 2 is 1.48 bits per heavy atom. The van der Waals surface area contributed by atoms with Gasteiger partial charge in [-0.15, -0.1) is 0 Å². The highest BCUT2D eigenvalue weighted by Crippen LogP contribution is 2.53. The summed E-state index contributed by atoms with van der Waals surface area (Å²) in [6.07, 6.45) is -1.52. The molecule has 0 unspecified atom stereocenters. The van der Waals surface area contributed by atoms with E-state index in [1.165, 1.54) is 12.1 Å². The highest BCUT2D eigenvalue weighted by Gasteiger charge is 2.44. The summed E-state index contributed by atoms with van der Waals surface area (Å²) in [4.78, 5) is 16.7. The molecule has 1 saturated carbocycles. The lowest BCUT2D eigenvalue weighted by Crippen LogP contribution is -2.36. The molecule has 13 heteroatoms. The Morgan fingerprint density at radius 1 is 0.833 bits per heavy atom. The van der Waals surface area contributed by atoms with E-state index >= 15 is 4.39 Å². The van der Waals surface area contributed by atoms with E-state index in [4.69, 9.17) is 19.2 Å². The third-order valence-corrected chi connectivity index (χ3v) is 12.2. The van der Waals surface area contributed by atoms with Crippen LogP contribution in [-0.4, -0.2) is 47.7 Å². The van der Waals surface area contributed by atoms with Crippen LogP contribution >= 0.6 is 0 Å². The molecule has 1 aliphatic heterocycles. The van der Waals surface area contributed by atoms with Crippen molar-refractivity contribution < 1.29 is 40.6 Å². The van der Waals surface area contributed by atoms with Crippen molar-refractivity contribution in [2.75, 3.05) is 31.7 Å². The zero-order chi connectivity index (χ0) is 42.8. The summed E-state index contributed by atoms with van der Waals surface area (Å²) >= 11 is 0. The molecule has 2 aromatic heterocycles. The summed E-state index contributed by atoms with van der Waals surface area (Å²) in [5.74, 6) is -1.78. The molecule has 60 heavy (non-hydrogen) atoms. The average Bonchev–Trinajstić information content (AvgIpc) is 3.21. The van der Waals surface area contributed by atoms with Crippen LogP contribution in [0.5, 0.6) is 5.75 Å². The molecule has 2 aromatic carbocycles. The van der Waals surface area contributed by atoms with E-state index in [0.717, 1.165) is 34.5 Å². The first kappa shape index (κ1) is 43.8. The number of benzene rings is 2. The predicted octanol–water partition coefficient (Wildman–Crippen LogP) is 12.0. The van der Waals surface area contributed by atoms with Crippen LogP contribution in [0.15, 0.2) is 60.9 Å². The number of anilines is 1. The fraction of sp³-hybridized carbons (Fsp3) is 0.553. The van der Waals surface area contributed by atoms with Gasteiger partial charge < -0.3 is 19.1 Å². The molecule has 0 N–H and O–H groups in total. The minimum atomic E-state index is -4.60.